The van der Waals surface area contributed by atoms with Crippen molar-refractivity contribution in [3.05, 3.63) is 210 Å². The quantitative estimate of drug-likeness (QED) is 0.179. The van der Waals surface area contributed by atoms with Crippen molar-refractivity contribution < 1.29 is 0 Å². The van der Waals surface area contributed by atoms with E-state index >= 15 is 0 Å². The number of para-hydroxylation sites is 2. The number of nitrogens with zero attached hydrogens (tertiary/aromatic N) is 1. The Balaban J connectivity index is 1.33. The van der Waals surface area contributed by atoms with Gasteiger partial charge < -0.3 is 4.90 Å². The Morgan fingerprint density at radius 2 is 0.938 bits per heavy atom. The van der Waals surface area contributed by atoms with E-state index in [-0.39, 0.29) is 0 Å². The van der Waals surface area contributed by atoms with Crippen LogP contribution in [0.2, 0.25) is 0 Å². The highest BCUT2D eigenvalue weighted by molar-refractivity contribution is 5.92. The molecule has 1 aliphatic rings. The van der Waals surface area contributed by atoms with E-state index in [1.54, 1.807) is 0 Å². The first kappa shape index (κ1) is 27.9. The van der Waals surface area contributed by atoms with Crippen molar-refractivity contribution in [1.29, 1.82) is 0 Å². The monoisotopic (exact) mass is 609 g/mol. The summed E-state index contributed by atoms with van der Waals surface area (Å²) in [6.07, 6.45) is 0. The number of benzene rings is 8. The third kappa shape index (κ3) is 4.58. The van der Waals surface area contributed by atoms with Crippen LogP contribution < -0.4 is 4.90 Å². The minimum absolute atomic E-state index is 0.698. The summed E-state index contributed by atoms with van der Waals surface area (Å²) in [4.78, 5) is 2.34. The lowest BCUT2D eigenvalue weighted by molar-refractivity contribution is 0.838. The zero-order valence-corrected chi connectivity index (χ0v) is 26.3. The molecule has 9 rings (SSSR count). The third-order valence-corrected chi connectivity index (χ3v) is 9.64. The van der Waals surface area contributed by atoms with E-state index in [9.17, 15) is 0 Å². The molecule has 1 nitrogen and oxygen atoms in total. The molecular weight excluding hydrogens is 579 g/mol. The molecule has 0 radical (unpaired) electrons. The van der Waals surface area contributed by atoms with Crippen molar-refractivity contribution in [3.63, 3.8) is 0 Å². The van der Waals surface area contributed by atoms with E-state index in [0.717, 1.165) is 22.6 Å². The normalized spacial score (nSPS) is 14.6. The molecule has 8 aromatic rings. The molecule has 0 aliphatic heterocycles. The predicted octanol–water partition coefficient (Wildman–Crippen LogP) is 11.8. The predicted molar refractivity (Wildman–Crippen MR) is 201 cm³/mol. The molecule has 1 heteroatoms. The number of hydrogen-bond donors (Lipinski definition) is 0. The van der Waals surface area contributed by atoms with Gasteiger partial charge in [-0.05, 0) is 104 Å². The number of anilines is 3. The van der Waals surface area contributed by atoms with Crippen LogP contribution in [0.1, 0.15) is 22.3 Å². The summed E-state index contributed by atoms with van der Waals surface area (Å²) >= 11 is 0. The van der Waals surface area contributed by atoms with Gasteiger partial charge in [0.1, 0.15) is 5.41 Å². The van der Waals surface area contributed by atoms with Gasteiger partial charge in [-0.1, -0.05) is 145 Å². The molecule has 0 heterocycles. The Hall–Kier alpha value is -6.36. The van der Waals surface area contributed by atoms with Gasteiger partial charge in [-0.3, -0.25) is 0 Å². The first-order chi connectivity index (χ1) is 23.8. The average Bonchev–Trinajstić information content (AvgIpc) is 3.44. The highest BCUT2D eigenvalue weighted by Gasteiger charge is 2.44. The maximum absolute atomic E-state index is 3.95. The summed E-state index contributed by atoms with van der Waals surface area (Å²) in [5, 5.41) is 4.84. The molecule has 0 amide bonds. The summed E-state index contributed by atoms with van der Waals surface area (Å²) in [6, 6.07) is 67.4. The van der Waals surface area contributed by atoms with Gasteiger partial charge in [-0.2, -0.15) is 0 Å². The van der Waals surface area contributed by atoms with Crippen molar-refractivity contribution in [3.8, 4) is 23.0 Å². The summed E-state index contributed by atoms with van der Waals surface area (Å²) in [6.45, 7) is 0. The third-order valence-electron chi connectivity index (χ3n) is 9.64. The maximum atomic E-state index is 3.95. The lowest BCUT2D eigenvalue weighted by Gasteiger charge is -2.30. The molecule has 0 spiro atoms. The lowest BCUT2D eigenvalue weighted by Crippen LogP contribution is -2.25. The molecule has 0 saturated heterocycles. The number of fused-ring (bicyclic) bond motifs is 5. The zero-order valence-electron chi connectivity index (χ0n) is 26.3. The first-order valence-corrected chi connectivity index (χ1v) is 16.4. The van der Waals surface area contributed by atoms with Crippen LogP contribution in [0, 0.1) is 11.8 Å². The van der Waals surface area contributed by atoms with E-state index in [1.807, 2.05) is 0 Å². The van der Waals surface area contributed by atoms with E-state index < -0.39 is 5.41 Å². The molecule has 48 heavy (non-hydrogen) atoms. The Bertz CT molecular complexity index is 2480. The fourth-order valence-electron chi connectivity index (χ4n) is 7.38. The zero-order chi connectivity index (χ0) is 31.9. The van der Waals surface area contributed by atoms with Crippen molar-refractivity contribution in [2.75, 3.05) is 4.90 Å². The van der Waals surface area contributed by atoms with Gasteiger partial charge in [0, 0.05) is 22.6 Å². The van der Waals surface area contributed by atoms with Crippen LogP contribution >= 0.6 is 0 Å². The fourth-order valence-corrected chi connectivity index (χ4v) is 7.38. The van der Waals surface area contributed by atoms with Crippen molar-refractivity contribution in [1.82, 2.24) is 0 Å². The van der Waals surface area contributed by atoms with Crippen LogP contribution in [0.3, 0.4) is 0 Å². The van der Waals surface area contributed by atoms with E-state index in [0.29, 0.717) is 0 Å². The van der Waals surface area contributed by atoms with Crippen molar-refractivity contribution in [2.45, 2.75) is 5.41 Å². The minimum Gasteiger partial charge on any atom is -0.310 e. The standard InChI is InChI=1S/C47H31N/c1-3-17-40(18-4-1)48(41-19-5-2-6-20-41)42-27-28-44-43-21-11-12-22-45(43)47(46(44)33-42,39-26-25-36-14-8-10-16-38(36)32-39)30-29-34-23-24-35-13-7-9-15-37(35)31-34/h1-28,31-33H. The largest absolute Gasteiger partial charge is 0.310 e. The Labute approximate surface area is 281 Å². The van der Waals surface area contributed by atoms with Crippen LogP contribution in [0.5, 0.6) is 0 Å². The van der Waals surface area contributed by atoms with Gasteiger partial charge in [0.2, 0.25) is 0 Å². The first-order valence-electron chi connectivity index (χ1n) is 16.4. The molecular formula is C47H31N. The summed E-state index contributed by atoms with van der Waals surface area (Å²) in [7, 11) is 0. The molecule has 0 N–H and O–H groups in total. The molecule has 0 bridgehead atoms. The summed E-state index contributed by atoms with van der Waals surface area (Å²) in [5.41, 5.74) is 9.65. The Morgan fingerprint density at radius 3 is 1.65 bits per heavy atom. The van der Waals surface area contributed by atoms with E-state index in [4.69, 9.17) is 0 Å². The van der Waals surface area contributed by atoms with Gasteiger partial charge in [0.25, 0.3) is 0 Å². The summed E-state index contributed by atoms with van der Waals surface area (Å²) in [5.74, 6) is 7.64. The molecule has 0 fully saturated rings. The van der Waals surface area contributed by atoms with Gasteiger partial charge in [-0.25, -0.2) is 0 Å². The summed E-state index contributed by atoms with van der Waals surface area (Å²) < 4.78 is 0. The van der Waals surface area contributed by atoms with Gasteiger partial charge >= 0.3 is 0 Å². The molecule has 8 aromatic carbocycles. The smallest absolute Gasteiger partial charge is 0.108 e. The Morgan fingerprint density at radius 1 is 0.375 bits per heavy atom. The van der Waals surface area contributed by atoms with Gasteiger partial charge in [0.05, 0.1) is 0 Å². The second kappa shape index (κ2) is 11.5. The Kier molecular flexibility index (Phi) is 6.66. The van der Waals surface area contributed by atoms with Crippen LogP contribution in [-0.4, -0.2) is 0 Å². The topological polar surface area (TPSA) is 3.24 Å². The van der Waals surface area contributed by atoms with Crippen LogP contribution in [0.15, 0.2) is 188 Å². The maximum Gasteiger partial charge on any atom is 0.108 e. The van der Waals surface area contributed by atoms with E-state index in [2.05, 4.69) is 205 Å². The second-order valence-electron chi connectivity index (χ2n) is 12.4. The average molecular weight is 610 g/mol. The second-order valence-corrected chi connectivity index (χ2v) is 12.4. The fraction of sp³-hybridized carbons (Fsp3) is 0.0213. The molecule has 1 unspecified atom stereocenters. The molecule has 0 aromatic heterocycles. The number of rotatable bonds is 4. The molecule has 0 saturated carbocycles. The SMILES string of the molecule is C(#CC1(c2ccc3ccccc3c2)c2ccccc2-c2ccc(N(c3ccccc3)c3ccccc3)cc21)c1ccc2ccccc2c1. The van der Waals surface area contributed by atoms with Gasteiger partial charge in [0.15, 0.2) is 0 Å². The molecule has 224 valence electrons. The number of hydrogen-bond acceptors (Lipinski definition) is 1. The van der Waals surface area contributed by atoms with Crippen molar-refractivity contribution >= 4 is 38.6 Å². The highest BCUT2D eigenvalue weighted by atomic mass is 15.1. The molecule has 1 aliphatic carbocycles. The highest BCUT2D eigenvalue weighted by Crippen LogP contribution is 2.54. The van der Waals surface area contributed by atoms with Crippen LogP contribution in [-0.2, 0) is 5.41 Å². The minimum atomic E-state index is -0.698. The lowest BCUT2D eigenvalue weighted by atomic mass is 9.72. The van der Waals surface area contributed by atoms with Gasteiger partial charge in [-0.15, -0.1) is 0 Å². The van der Waals surface area contributed by atoms with E-state index in [1.165, 1.54) is 49.4 Å². The molecule has 1 atom stereocenters. The van der Waals surface area contributed by atoms with Crippen LogP contribution in [0.25, 0.3) is 32.7 Å². The van der Waals surface area contributed by atoms with Crippen molar-refractivity contribution in [2.24, 2.45) is 0 Å². The van der Waals surface area contributed by atoms with Crippen LogP contribution in [0.4, 0.5) is 17.1 Å².